The third kappa shape index (κ3) is 3.35. The molecule has 206 valence electrons. The number of phosphoric ester groups is 1. The molecule has 0 N–H and O–H groups in total. The van der Waals surface area contributed by atoms with Gasteiger partial charge in [0.2, 0.25) is 11.5 Å². The lowest BCUT2D eigenvalue weighted by Crippen LogP contribution is -2.17. The van der Waals surface area contributed by atoms with Gasteiger partial charge in [0.25, 0.3) is 0 Å². The first-order chi connectivity index (χ1) is 20.5. The van der Waals surface area contributed by atoms with Crippen LogP contribution in [-0.4, -0.2) is 0 Å². The minimum atomic E-state index is -4.62. The van der Waals surface area contributed by atoms with E-state index in [1.54, 1.807) is 6.07 Å². The molecule has 0 spiro atoms. The molecule has 10 nitrogen and oxygen atoms in total. The quantitative estimate of drug-likeness (QED) is 0.148. The Hall–Kier alpha value is -4.72. The average Bonchev–Trinajstić information content (AvgIpc) is 3.54. The highest BCUT2D eigenvalue weighted by molar-refractivity contribution is 7.50. The molecule has 10 rings (SSSR count). The Morgan fingerprint density at radius 1 is 0.429 bits per heavy atom. The lowest BCUT2D eigenvalue weighted by atomic mass is 9.82. The van der Waals surface area contributed by atoms with Gasteiger partial charge in [0, 0.05) is 22.3 Å². The monoisotopic (exact) mass is 598 g/mol. The van der Waals surface area contributed by atoms with Crippen LogP contribution in [0.3, 0.4) is 0 Å². The van der Waals surface area contributed by atoms with Crippen LogP contribution in [0.2, 0.25) is 0 Å². The fourth-order valence-electron chi connectivity index (χ4n) is 5.60. The zero-order valence-electron chi connectivity index (χ0n) is 21.2. The number of phosphoric acid groups is 2. The molecule has 5 aromatic rings. The van der Waals surface area contributed by atoms with Gasteiger partial charge in [0.05, 0.1) is 5.56 Å². The fraction of sp³-hybridized carbons (Fsp3) is 0. The molecule has 42 heavy (non-hydrogen) atoms. The molecule has 1 unspecified atom stereocenters. The first-order valence-electron chi connectivity index (χ1n) is 12.8. The molecule has 5 heterocycles. The Labute approximate surface area is 238 Å². The molecule has 0 saturated carbocycles. The van der Waals surface area contributed by atoms with E-state index in [0.29, 0.717) is 22.3 Å². The SMILES string of the molecule is O=P12OOc3c(c(c(-c4ccccc4)c(-c4ccccc4)c3-c3ccccc3)OO1)-c1cc3c4c(c1O2)OP(=O)(O3)O4. The van der Waals surface area contributed by atoms with Gasteiger partial charge in [0.1, 0.15) is 0 Å². The van der Waals surface area contributed by atoms with Crippen LogP contribution in [0.5, 0.6) is 34.5 Å². The van der Waals surface area contributed by atoms with Gasteiger partial charge in [-0.2, -0.15) is 4.57 Å². The summed E-state index contributed by atoms with van der Waals surface area (Å²) in [5, 5.41) is 0. The average molecular weight is 598 g/mol. The lowest BCUT2D eigenvalue weighted by Gasteiger charge is -2.32. The summed E-state index contributed by atoms with van der Waals surface area (Å²) in [7, 11) is -8.53. The maximum Gasteiger partial charge on any atom is 0.647 e. The molecular formula is C30H16O10P2. The van der Waals surface area contributed by atoms with Crippen molar-refractivity contribution in [3.63, 3.8) is 0 Å². The zero-order chi connectivity index (χ0) is 28.1. The normalized spacial score (nSPS) is 19.4. The van der Waals surface area contributed by atoms with Crippen LogP contribution in [0.4, 0.5) is 0 Å². The summed E-state index contributed by atoms with van der Waals surface area (Å²) in [6, 6.07) is 30.5. The predicted molar refractivity (Wildman–Crippen MR) is 149 cm³/mol. The van der Waals surface area contributed by atoms with Crippen LogP contribution >= 0.6 is 15.6 Å². The predicted octanol–water partition coefficient (Wildman–Crippen LogP) is 8.76. The van der Waals surface area contributed by atoms with Gasteiger partial charge in [-0.15, -0.1) is 0 Å². The Bertz CT molecular complexity index is 1970. The maximum absolute atomic E-state index is 13.9. The molecule has 0 radical (unpaired) electrons. The van der Waals surface area contributed by atoms with Crippen molar-refractivity contribution in [2.45, 2.75) is 0 Å². The second-order valence-electron chi connectivity index (χ2n) is 9.74. The molecular weight excluding hydrogens is 582 g/mol. The number of hydrogen-bond acceptors (Lipinski definition) is 10. The van der Waals surface area contributed by atoms with E-state index in [0.717, 1.165) is 22.3 Å². The summed E-state index contributed by atoms with van der Waals surface area (Å²) in [6.07, 6.45) is 0. The number of hydrogen-bond donors (Lipinski definition) is 0. The van der Waals surface area contributed by atoms with E-state index in [4.69, 9.17) is 37.2 Å². The summed E-state index contributed by atoms with van der Waals surface area (Å²) in [5.74, 6) is 0.513. The number of rotatable bonds is 3. The van der Waals surface area contributed by atoms with Crippen LogP contribution in [0.25, 0.3) is 44.5 Å². The highest BCUT2D eigenvalue weighted by atomic mass is 31.2. The Morgan fingerprint density at radius 2 is 0.905 bits per heavy atom. The summed E-state index contributed by atoms with van der Waals surface area (Å²) >= 11 is 0. The van der Waals surface area contributed by atoms with Crippen molar-refractivity contribution in [3.05, 3.63) is 97.1 Å². The van der Waals surface area contributed by atoms with Crippen LogP contribution in [0.1, 0.15) is 0 Å². The standard InChI is InChI=1S/C30H16O10P2/c31-41-35-21-16-20-25-28-23(18-12-6-2-7-13-18)22(17-10-4-1-5-11-17)24(19-14-8-3-9-15-19)29(25)34-40-42(32,39-33-28)36-26(20)30(38-41)27(21)37-41/h1-16H. The number of benzene rings is 5. The molecule has 5 aromatic carbocycles. The van der Waals surface area contributed by atoms with Gasteiger partial charge in [-0.05, 0) is 22.8 Å². The van der Waals surface area contributed by atoms with Crippen molar-refractivity contribution < 1.29 is 46.3 Å². The van der Waals surface area contributed by atoms with Gasteiger partial charge in [0.15, 0.2) is 23.0 Å². The minimum Gasteiger partial charge on any atom is -0.395 e. The zero-order valence-corrected chi connectivity index (χ0v) is 23.0. The Morgan fingerprint density at radius 3 is 1.43 bits per heavy atom. The molecule has 6 bridgehead atoms. The first-order valence-corrected chi connectivity index (χ1v) is 15.7. The van der Waals surface area contributed by atoms with Crippen LogP contribution in [0, 0.1) is 0 Å². The van der Waals surface area contributed by atoms with Gasteiger partial charge in [-0.25, -0.2) is 4.57 Å². The second kappa shape index (κ2) is 8.41. The summed E-state index contributed by atoms with van der Waals surface area (Å²) < 4.78 is 59.6. The summed E-state index contributed by atoms with van der Waals surface area (Å²) in [6.45, 7) is 0. The summed E-state index contributed by atoms with van der Waals surface area (Å²) in [5.41, 5.74) is 5.10. The lowest BCUT2D eigenvalue weighted by molar-refractivity contribution is -0.191. The largest absolute Gasteiger partial charge is 0.647 e. The molecule has 0 aromatic heterocycles. The molecule has 0 amide bonds. The van der Waals surface area contributed by atoms with Crippen molar-refractivity contribution in [1.82, 2.24) is 0 Å². The topological polar surface area (TPSA) is 108 Å². The van der Waals surface area contributed by atoms with Crippen LogP contribution < -0.4 is 27.9 Å². The van der Waals surface area contributed by atoms with E-state index in [1.807, 2.05) is 91.0 Å². The van der Waals surface area contributed by atoms with E-state index in [2.05, 4.69) is 0 Å². The third-order valence-corrected chi connectivity index (χ3v) is 9.42. The minimum absolute atomic E-state index is 0.0418. The van der Waals surface area contributed by atoms with E-state index < -0.39 is 15.6 Å². The van der Waals surface area contributed by atoms with Crippen molar-refractivity contribution in [2.75, 3.05) is 0 Å². The van der Waals surface area contributed by atoms with Gasteiger partial charge >= 0.3 is 15.6 Å². The molecule has 5 aliphatic rings. The molecule has 12 heteroatoms. The van der Waals surface area contributed by atoms with Crippen LogP contribution in [0.15, 0.2) is 97.1 Å². The maximum atomic E-state index is 13.9. The molecule has 0 aliphatic carbocycles. The van der Waals surface area contributed by atoms with E-state index in [9.17, 15) is 9.13 Å². The van der Waals surface area contributed by atoms with Crippen LogP contribution in [-0.2, 0) is 18.5 Å². The number of fused-ring (bicyclic) bond motifs is 3. The van der Waals surface area contributed by atoms with E-state index in [-0.39, 0.29) is 34.5 Å². The Kier molecular flexibility index (Phi) is 4.79. The van der Waals surface area contributed by atoms with E-state index >= 15 is 0 Å². The molecule has 0 saturated heterocycles. The van der Waals surface area contributed by atoms with E-state index in [1.165, 1.54) is 0 Å². The molecule has 5 aliphatic heterocycles. The van der Waals surface area contributed by atoms with Gasteiger partial charge < -0.3 is 27.9 Å². The molecule has 1 atom stereocenters. The van der Waals surface area contributed by atoms with Crippen molar-refractivity contribution >= 4 is 15.6 Å². The highest BCUT2D eigenvalue weighted by Crippen LogP contribution is 2.75. The second-order valence-corrected chi connectivity index (χ2v) is 12.6. The smallest absolute Gasteiger partial charge is 0.395 e. The first kappa shape index (κ1) is 23.9. The summed E-state index contributed by atoms with van der Waals surface area (Å²) in [4.78, 5) is 11.8. The van der Waals surface area contributed by atoms with Gasteiger partial charge in [-0.3, -0.25) is 0 Å². The fourth-order valence-corrected chi connectivity index (χ4v) is 7.70. The van der Waals surface area contributed by atoms with Crippen molar-refractivity contribution in [1.29, 1.82) is 0 Å². The Balaban J connectivity index is 1.50. The van der Waals surface area contributed by atoms with Crippen molar-refractivity contribution in [2.24, 2.45) is 0 Å². The van der Waals surface area contributed by atoms with Gasteiger partial charge in [-0.1, -0.05) is 100 Å². The van der Waals surface area contributed by atoms with Crippen molar-refractivity contribution in [3.8, 4) is 79.0 Å². The molecule has 0 fully saturated rings. The third-order valence-electron chi connectivity index (χ3n) is 7.26. The highest BCUT2D eigenvalue weighted by Gasteiger charge is 2.55.